The van der Waals surface area contributed by atoms with Crippen LogP contribution in [0.2, 0.25) is 0 Å². The number of likely N-dealkylation sites (tertiary alicyclic amines) is 1. The fourth-order valence-electron chi connectivity index (χ4n) is 3.79. The molecule has 2 N–H and O–H groups in total. The third-order valence-corrected chi connectivity index (χ3v) is 6.36. The molecule has 1 saturated heterocycles. The molecule has 0 radical (unpaired) electrons. The fraction of sp³-hybridized carbons (Fsp3) is 0.500. The second kappa shape index (κ2) is 10.5. The van der Waals surface area contributed by atoms with Gasteiger partial charge >= 0.3 is 0 Å². The first-order chi connectivity index (χ1) is 13.7. The van der Waals surface area contributed by atoms with E-state index in [1.54, 1.807) is 7.11 Å². The Morgan fingerprint density at radius 3 is 2.57 bits per heavy atom. The largest absolute Gasteiger partial charge is 0.496 e. The Morgan fingerprint density at radius 1 is 1.14 bits per heavy atom. The van der Waals surface area contributed by atoms with Crippen molar-refractivity contribution in [3.8, 4) is 5.75 Å². The lowest BCUT2D eigenvalue weighted by molar-refractivity contribution is 0.249. The van der Waals surface area contributed by atoms with Crippen LogP contribution in [0, 0.1) is 0 Å². The van der Waals surface area contributed by atoms with Crippen molar-refractivity contribution in [1.29, 1.82) is 0 Å². The van der Waals surface area contributed by atoms with Crippen molar-refractivity contribution >= 4 is 17.3 Å². The van der Waals surface area contributed by atoms with Gasteiger partial charge in [0.1, 0.15) is 5.75 Å². The smallest absolute Gasteiger partial charge is 0.191 e. The van der Waals surface area contributed by atoms with Gasteiger partial charge in [-0.05, 0) is 49.0 Å². The van der Waals surface area contributed by atoms with Crippen molar-refractivity contribution in [3.63, 3.8) is 0 Å². The molecule has 1 aliphatic rings. The van der Waals surface area contributed by atoms with Gasteiger partial charge in [-0.3, -0.25) is 9.89 Å². The zero-order chi connectivity index (χ0) is 19.8. The summed E-state index contributed by atoms with van der Waals surface area (Å²) < 4.78 is 5.50. The monoisotopic (exact) mass is 400 g/mol. The summed E-state index contributed by atoms with van der Waals surface area (Å²) in [6, 6.07) is 13.0. The molecule has 1 aromatic carbocycles. The maximum Gasteiger partial charge on any atom is 0.191 e. The Morgan fingerprint density at radius 2 is 1.89 bits per heavy atom. The number of aliphatic imine (C=N–C) groups is 1. The van der Waals surface area contributed by atoms with Crippen LogP contribution in [0.1, 0.15) is 42.2 Å². The molecule has 5 nitrogen and oxygen atoms in total. The van der Waals surface area contributed by atoms with Gasteiger partial charge in [0.15, 0.2) is 5.96 Å². The molecule has 1 aromatic heterocycles. The summed E-state index contributed by atoms with van der Waals surface area (Å²) in [6.45, 7) is 6.23. The van der Waals surface area contributed by atoms with Crippen LogP contribution in [-0.2, 0) is 0 Å². The summed E-state index contributed by atoms with van der Waals surface area (Å²) in [4.78, 5) is 8.43. The second-order valence-electron chi connectivity index (χ2n) is 7.25. The molecule has 28 heavy (non-hydrogen) atoms. The van der Waals surface area contributed by atoms with Crippen molar-refractivity contribution in [3.05, 3.63) is 52.2 Å². The van der Waals surface area contributed by atoms with Crippen LogP contribution in [0.15, 0.2) is 46.8 Å². The van der Waals surface area contributed by atoms with Crippen molar-refractivity contribution in [2.24, 2.45) is 4.99 Å². The lowest BCUT2D eigenvalue weighted by Gasteiger charge is -2.28. The quantitative estimate of drug-likeness (QED) is 0.522. The van der Waals surface area contributed by atoms with Crippen LogP contribution >= 0.6 is 11.3 Å². The van der Waals surface area contributed by atoms with E-state index in [9.17, 15) is 0 Å². The zero-order valence-corrected chi connectivity index (χ0v) is 18.0. The molecule has 0 spiro atoms. The first-order valence-corrected chi connectivity index (χ1v) is 11.0. The van der Waals surface area contributed by atoms with Crippen molar-refractivity contribution in [1.82, 2.24) is 15.5 Å². The van der Waals surface area contributed by atoms with Gasteiger partial charge in [0.25, 0.3) is 0 Å². The van der Waals surface area contributed by atoms with E-state index < -0.39 is 0 Å². The minimum Gasteiger partial charge on any atom is -0.496 e. The average Bonchev–Trinajstić information content (AvgIpc) is 3.45. The topological polar surface area (TPSA) is 48.9 Å². The molecule has 2 aromatic rings. The van der Waals surface area contributed by atoms with E-state index in [1.165, 1.54) is 36.4 Å². The molecule has 152 valence electrons. The lowest BCUT2D eigenvalue weighted by atomic mass is 10.0. The van der Waals surface area contributed by atoms with Crippen LogP contribution in [0.3, 0.4) is 0 Å². The normalized spacial score (nSPS) is 17.3. The second-order valence-corrected chi connectivity index (χ2v) is 8.23. The third-order valence-electron chi connectivity index (χ3n) is 5.39. The van der Waals surface area contributed by atoms with Gasteiger partial charge in [-0.25, -0.2) is 0 Å². The van der Waals surface area contributed by atoms with E-state index in [2.05, 4.69) is 57.1 Å². The highest BCUT2D eigenvalue weighted by atomic mass is 32.1. The highest BCUT2D eigenvalue weighted by Crippen LogP contribution is 2.28. The van der Waals surface area contributed by atoms with Gasteiger partial charge in [-0.1, -0.05) is 31.2 Å². The molecular formula is C22H32N4OS. The molecule has 0 amide bonds. The SMILES string of the molecule is CN=C(NCC(C)c1ccccc1OC)NCC(c1cccs1)N1CCCC1. The number of para-hydroxylation sites is 1. The fourth-order valence-corrected chi connectivity index (χ4v) is 4.65. The minimum absolute atomic E-state index is 0.321. The number of rotatable bonds is 8. The predicted octanol–water partition coefficient (Wildman–Crippen LogP) is 3.86. The average molecular weight is 401 g/mol. The van der Waals surface area contributed by atoms with Gasteiger partial charge in [-0.2, -0.15) is 0 Å². The molecule has 6 heteroatoms. The Balaban J connectivity index is 1.56. The van der Waals surface area contributed by atoms with E-state index in [-0.39, 0.29) is 0 Å². The van der Waals surface area contributed by atoms with Gasteiger partial charge in [0.2, 0.25) is 0 Å². The van der Waals surface area contributed by atoms with Crippen LogP contribution in [0.4, 0.5) is 0 Å². The van der Waals surface area contributed by atoms with Crippen LogP contribution < -0.4 is 15.4 Å². The van der Waals surface area contributed by atoms with Crippen LogP contribution in [0.25, 0.3) is 0 Å². The molecule has 2 heterocycles. The summed E-state index contributed by atoms with van der Waals surface area (Å²) >= 11 is 1.84. The molecule has 0 aliphatic carbocycles. The van der Waals surface area contributed by atoms with E-state index in [4.69, 9.17) is 4.74 Å². The predicted molar refractivity (Wildman–Crippen MR) is 119 cm³/mol. The summed E-state index contributed by atoms with van der Waals surface area (Å²) in [5, 5.41) is 9.19. The van der Waals surface area contributed by atoms with Crippen molar-refractivity contribution in [2.75, 3.05) is 40.3 Å². The molecule has 2 atom stereocenters. The maximum atomic E-state index is 5.50. The van der Waals surface area contributed by atoms with E-state index in [1.807, 2.05) is 30.5 Å². The number of thiophene rings is 1. The van der Waals surface area contributed by atoms with Gasteiger partial charge in [0.05, 0.1) is 13.2 Å². The summed E-state index contributed by atoms with van der Waals surface area (Å²) in [7, 11) is 3.56. The van der Waals surface area contributed by atoms with Crippen molar-refractivity contribution in [2.45, 2.75) is 31.7 Å². The van der Waals surface area contributed by atoms with E-state index >= 15 is 0 Å². The van der Waals surface area contributed by atoms with Gasteiger partial charge < -0.3 is 15.4 Å². The lowest BCUT2D eigenvalue weighted by Crippen LogP contribution is -2.43. The first-order valence-electron chi connectivity index (χ1n) is 10.1. The molecule has 3 rings (SSSR count). The number of benzene rings is 1. The van der Waals surface area contributed by atoms with Crippen molar-refractivity contribution < 1.29 is 4.74 Å². The molecule has 2 unspecified atom stereocenters. The Kier molecular flexibility index (Phi) is 7.74. The van der Waals surface area contributed by atoms with Crippen LogP contribution in [0.5, 0.6) is 5.75 Å². The standard InChI is InChI=1S/C22H32N4OS/c1-17(18-9-4-5-10-20(18)27-3)15-24-22(23-2)25-16-19(21-11-8-14-28-21)26-12-6-7-13-26/h4-5,8-11,14,17,19H,6-7,12-13,15-16H2,1-3H3,(H2,23,24,25). The number of nitrogens with one attached hydrogen (secondary N) is 2. The van der Waals surface area contributed by atoms with Crippen LogP contribution in [-0.4, -0.2) is 51.2 Å². The van der Waals surface area contributed by atoms with Gasteiger partial charge in [-0.15, -0.1) is 11.3 Å². The summed E-state index contributed by atoms with van der Waals surface area (Å²) in [6.07, 6.45) is 2.59. The van der Waals surface area contributed by atoms with E-state index in [0.717, 1.165) is 24.8 Å². The highest BCUT2D eigenvalue weighted by molar-refractivity contribution is 7.10. The number of guanidine groups is 1. The molecule has 1 aliphatic heterocycles. The first kappa shape index (κ1) is 20.7. The molecule has 0 saturated carbocycles. The molecule has 0 bridgehead atoms. The Bertz CT molecular complexity index is 741. The molecule has 1 fully saturated rings. The number of hydrogen-bond donors (Lipinski definition) is 2. The maximum absolute atomic E-state index is 5.50. The number of hydrogen-bond acceptors (Lipinski definition) is 4. The third kappa shape index (κ3) is 5.26. The Labute approximate surface area is 172 Å². The van der Waals surface area contributed by atoms with Gasteiger partial charge in [0, 0.05) is 30.9 Å². The Hall–Kier alpha value is -2.05. The zero-order valence-electron chi connectivity index (χ0n) is 17.1. The number of methoxy groups -OCH3 is 1. The number of nitrogens with zero attached hydrogens (tertiary/aromatic N) is 2. The molecular weight excluding hydrogens is 368 g/mol. The summed E-state index contributed by atoms with van der Waals surface area (Å²) in [5.41, 5.74) is 1.21. The number of ether oxygens (including phenoxy) is 1. The minimum atomic E-state index is 0.321. The van der Waals surface area contributed by atoms with E-state index in [0.29, 0.717) is 12.0 Å². The highest BCUT2D eigenvalue weighted by Gasteiger charge is 2.24. The summed E-state index contributed by atoms with van der Waals surface area (Å²) in [5.74, 6) is 2.11.